The van der Waals surface area contributed by atoms with Crippen LogP contribution in [0.3, 0.4) is 0 Å². The van der Waals surface area contributed by atoms with Gasteiger partial charge >= 0.3 is 0 Å². The van der Waals surface area contributed by atoms with Gasteiger partial charge in [-0.25, -0.2) is 13.6 Å². The van der Waals surface area contributed by atoms with Gasteiger partial charge < -0.3 is 15.4 Å². The number of nitrogens with one attached hydrogen (secondary N) is 2. The molecule has 0 saturated heterocycles. The van der Waals surface area contributed by atoms with Gasteiger partial charge in [-0.3, -0.25) is 0 Å². The molecule has 0 bridgehead atoms. The quantitative estimate of drug-likeness (QED) is 0.733. The van der Waals surface area contributed by atoms with E-state index < -0.39 is 10.0 Å². The van der Waals surface area contributed by atoms with Gasteiger partial charge in [-0.15, -0.1) is 0 Å². The lowest BCUT2D eigenvalue weighted by Gasteiger charge is -2.12. The summed E-state index contributed by atoms with van der Waals surface area (Å²) in [5, 5.41) is 11.5. The molecule has 8 heteroatoms. The van der Waals surface area contributed by atoms with Gasteiger partial charge in [0.25, 0.3) is 0 Å². The van der Waals surface area contributed by atoms with Crippen molar-refractivity contribution in [3.8, 4) is 5.75 Å². The van der Waals surface area contributed by atoms with Gasteiger partial charge in [0.05, 0.1) is 12.0 Å². The lowest BCUT2D eigenvalue weighted by atomic mass is 10.2. The lowest BCUT2D eigenvalue weighted by Crippen LogP contribution is -2.20. The van der Waals surface area contributed by atoms with Crippen LogP contribution in [-0.4, -0.2) is 20.6 Å². The highest BCUT2D eigenvalue weighted by Crippen LogP contribution is 2.20. The molecule has 0 spiro atoms. The molecule has 0 aliphatic carbocycles. The van der Waals surface area contributed by atoms with Gasteiger partial charge in [0.1, 0.15) is 5.75 Å². The molecule has 2 rings (SSSR count). The Balaban J connectivity index is 2.11. The molecule has 23 heavy (non-hydrogen) atoms. The SMILES string of the molecule is COc1ccc(NC(=S)Nc2ccc(C)c(S(N)(=O)=O)c2)cc1. The summed E-state index contributed by atoms with van der Waals surface area (Å²) in [4.78, 5) is 0.0646. The second-order valence-corrected chi connectivity index (χ2v) is 6.77. The Bertz CT molecular complexity index is 818. The number of methoxy groups -OCH3 is 1. The number of hydrogen-bond acceptors (Lipinski definition) is 4. The fourth-order valence-corrected chi connectivity index (χ4v) is 3.00. The molecule has 0 heterocycles. The maximum absolute atomic E-state index is 11.5. The molecule has 4 N–H and O–H groups in total. The van der Waals surface area contributed by atoms with Crippen LogP contribution in [0.4, 0.5) is 11.4 Å². The molecule has 0 aliphatic heterocycles. The normalized spacial score (nSPS) is 10.9. The number of ether oxygens (including phenoxy) is 1. The summed E-state index contributed by atoms with van der Waals surface area (Å²) in [6.07, 6.45) is 0. The van der Waals surface area contributed by atoms with Crippen molar-refractivity contribution >= 4 is 38.7 Å². The zero-order valence-corrected chi connectivity index (χ0v) is 14.3. The van der Waals surface area contributed by atoms with Crippen molar-refractivity contribution in [3.05, 3.63) is 48.0 Å². The third-order valence-corrected chi connectivity index (χ3v) is 4.36. The van der Waals surface area contributed by atoms with E-state index in [4.69, 9.17) is 22.1 Å². The highest BCUT2D eigenvalue weighted by Gasteiger charge is 2.12. The monoisotopic (exact) mass is 351 g/mol. The molecule has 0 saturated carbocycles. The molecular formula is C15H17N3O3S2. The lowest BCUT2D eigenvalue weighted by molar-refractivity contribution is 0.415. The number of rotatable bonds is 4. The summed E-state index contributed by atoms with van der Waals surface area (Å²) in [6, 6.07) is 12.1. The van der Waals surface area contributed by atoms with Crippen molar-refractivity contribution < 1.29 is 13.2 Å². The molecule has 0 amide bonds. The minimum atomic E-state index is -3.78. The number of aryl methyl sites for hydroxylation is 1. The minimum Gasteiger partial charge on any atom is -0.497 e. The first-order valence-electron chi connectivity index (χ1n) is 6.65. The zero-order valence-electron chi connectivity index (χ0n) is 12.7. The summed E-state index contributed by atoms with van der Waals surface area (Å²) in [5.41, 5.74) is 1.89. The topological polar surface area (TPSA) is 93.4 Å². The Hall–Kier alpha value is -2.16. The second kappa shape index (κ2) is 6.95. The maximum Gasteiger partial charge on any atom is 0.238 e. The molecule has 0 radical (unpaired) electrons. The molecule has 0 fully saturated rings. The molecule has 122 valence electrons. The van der Waals surface area contributed by atoms with E-state index in [0.29, 0.717) is 16.4 Å². The van der Waals surface area contributed by atoms with E-state index in [1.165, 1.54) is 6.07 Å². The van der Waals surface area contributed by atoms with E-state index in [1.807, 2.05) is 12.1 Å². The van der Waals surface area contributed by atoms with Gasteiger partial charge in [0.2, 0.25) is 10.0 Å². The summed E-state index contributed by atoms with van der Waals surface area (Å²) >= 11 is 5.21. The van der Waals surface area contributed by atoms with Crippen LogP contribution in [0.15, 0.2) is 47.4 Å². The number of hydrogen-bond donors (Lipinski definition) is 3. The summed E-state index contributed by atoms with van der Waals surface area (Å²) in [6.45, 7) is 1.68. The smallest absolute Gasteiger partial charge is 0.238 e. The predicted octanol–water partition coefficient (Wildman–Crippen LogP) is 2.46. The molecule has 2 aromatic carbocycles. The van der Waals surface area contributed by atoms with Crippen LogP contribution in [0.5, 0.6) is 5.75 Å². The Morgan fingerprint density at radius 2 is 1.65 bits per heavy atom. The predicted molar refractivity (Wildman–Crippen MR) is 95.4 cm³/mol. The summed E-state index contributed by atoms with van der Waals surface area (Å²) < 4.78 is 28.1. The number of benzene rings is 2. The van der Waals surface area contributed by atoms with Gasteiger partial charge in [0, 0.05) is 11.4 Å². The average molecular weight is 351 g/mol. The number of primary sulfonamides is 1. The van der Waals surface area contributed by atoms with Crippen LogP contribution in [0.1, 0.15) is 5.56 Å². The first-order valence-corrected chi connectivity index (χ1v) is 8.60. The van der Waals surface area contributed by atoms with Crippen LogP contribution in [0.2, 0.25) is 0 Å². The van der Waals surface area contributed by atoms with Crippen molar-refractivity contribution in [3.63, 3.8) is 0 Å². The summed E-state index contributed by atoms with van der Waals surface area (Å²) in [5.74, 6) is 0.741. The minimum absolute atomic E-state index is 0.0646. The van der Waals surface area contributed by atoms with Crippen LogP contribution in [-0.2, 0) is 10.0 Å². The molecule has 0 atom stereocenters. The van der Waals surface area contributed by atoms with Gasteiger partial charge in [-0.05, 0) is 61.1 Å². The van der Waals surface area contributed by atoms with E-state index >= 15 is 0 Å². The number of nitrogens with two attached hydrogens (primary N) is 1. The Kier molecular flexibility index (Phi) is 5.19. The third kappa shape index (κ3) is 4.65. The fraction of sp³-hybridized carbons (Fsp3) is 0.133. The first-order chi connectivity index (χ1) is 10.8. The maximum atomic E-state index is 11.5. The van der Waals surface area contributed by atoms with Crippen molar-refractivity contribution in [2.75, 3.05) is 17.7 Å². The number of anilines is 2. The molecular weight excluding hydrogens is 334 g/mol. The molecule has 0 aliphatic rings. The number of sulfonamides is 1. The largest absolute Gasteiger partial charge is 0.497 e. The molecule has 0 aromatic heterocycles. The Labute approximate surface area is 140 Å². The Morgan fingerprint density at radius 3 is 2.22 bits per heavy atom. The van der Waals surface area contributed by atoms with E-state index in [1.54, 1.807) is 38.3 Å². The van der Waals surface area contributed by atoms with Crippen LogP contribution >= 0.6 is 12.2 Å². The molecule has 0 unspecified atom stereocenters. The first kappa shape index (κ1) is 17.2. The average Bonchev–Trinajstić information content (AvgIpc) is 2.49. The van der Waals surface area contributed by atoms with Gasteiger partial charge in [0.15, 0.2) is 5.11 Å². The van der Waals surface area contributed by atoms with Crippen LogP contribution in [0.25, 0.3) is 0 Å². The molecule has 6 nitrogen and oxygen atoms in total. The molecule has 2 aromatic rings. The third-order valence-electron chi connectivity index (χ3n) is 3.10. The van der Waals surface area contributed by atoms with E-state index in [-0.39, 0.29) is 4.90 Å². The van der Waals surface area contributed by atoms with Crippen molar-refractivity contribution in [1.82, 2.24) is 0 Å². The van der Waals surface area contributed by atoms with Gasteiger partial charge in [-0.2, -0.15) is 0 Å². The second-order valence-electron chi connectivity index (χ2n) is 4.83. The Morgan fingerprint density at radius 1 is 1.09 bits per heavy atom. The van der Waals surface area contributed by atoms with E-state index in [0.717, 1.165) is 11.4 Å². The highest BCUT2D eigenvalue weighted by molar-refractivity contribution is 7.89. The highest BCUT2D eigenvalue weighted by atomic mass is 32.2. The summed E-state index contributed by atoms with van der Waals surface area (Å²) in [7, 11) is -2.18. The zero-order chi connectivity index (χ0) is 17.0. The van der Waals surface area contributed by atoms with Crippen molar-refractivity contribution in [1.29, 1.82) is 0 Å². The van der Waals surface area contributed by atoms with E-state index in [9.17, 15) is 8.42 Å². The standard InChI is InChI=1S/C15H17N3O3S2/c1-10-3-4-12(9-14(10)23(16,19)20)18-15(22)17-11-5-7-13(21-2)8-6-11/h3-9H,1-2H3,(H2,16,19,20)(H2,17,18,22). The van der Waals surface area contributed by atoms with Crippen LogP contribution in [0, 0.1) is 6.92 Å². The van der Waals surface area contributed by atoms with Crippen molar-refractivity contribution in [2.45, 2.75) is 11.8 Å². The number of thiocarbonyl (C=S) groups is 1. The van der Waals surface area contributed by atoms with Crippen LogP contribution < -0.4 is 20.5 Å². The van der Waals surface area contributed by atoms with E-state index in [2.05, 4.69) is 10.6 Å². The fourth-order valence-electron chi connectivity index (χ4n) is 1.95. The van der Waals surface area contributed by atoms with Crippen molar-refractivity contribution in [2.24, 2.45) is 5.14 Å². The van der Waals surface area contributed by atoms with Gasteiger partial charge in [-0.1, -0.05) is 6.07 Å².